The summed E-state index contributed by atoms with van der Waals surface area (Å²) in [4.78, 5) is 4.14. The fourth-order valence-electron chi connectivity index (χ4n) is 1.29. The molecule has 0 aliphatic carbocycles. The molecule has 0 N–H and O–H groups in total. The van der Waals surface area contributed by atoms with Crippen LogP contribution in [0.5, 0.6) is 0 Å². The lowest BCUT2D eigenvalue weighted by Gasteiger charge is -1.96. The van der Waals surface area contributed by atoms with Crippen molar-refractivity contribution in [2.45, 2.75) is 0 Å². The molecule has 7 nitrogen and oxygen atoms in total. The summed E-state index contributed by atoms with van der Waals surface area (Å²) in [6, 6.07) is 3.57. The van der Waals surface area contributed by atoms with Crippen LogP contribution in [0.3, 0.4) is 0 Å². The summed E-state index contributed by atoms with van der Waals surface area (Å²) in [5.74, 6) is 1.06. The Bertz CT molecular complexity index is 526. The molecule has 0 amide bonds. The number of hydrogen-bond acceptors (Lipinski definition) is 7. The van der Waals surface area contributed by atoms with E-state index in [1.807, 2.05) is 0 Å². The molecule has 0 bridgehead atoms. The van der Waals surface area contributed by atoms with Gasteiger partial charge in [-0.25, -0.2) is 0 Å². The smallest absolute Gasteiger partial charge is 0.205 e. The Morgan fingerprint density at radius 2 is 1.69 bits per heavy atom. The molecule has 0 unspecified atom stereocenters. The summed E-state index contributed by atoms with van der Waals surface area (Å²) >= 11 is 0. The highest BCUT2D eigenvalue weighted by atomic mass is 16.5. The van der Waals surface area contributed by atoms with Gasteiger partial charge >= 0.3 is 0 Å². The van der Waals surface area contributed by atoms with Gasteiger partial charge < -0.3 is 9.05 Å². The summed E-state index contributed by atoms with van der Waals surface area (Å²) in [5.41, 5.74) is 1.44. The summed E-state index contributed by atoms with van der Waals surface area (Å²) in [6.07, 6.45) is 4.65. The lowest BCUT2D eigenvalue weighted by molar-refractivity contribution is 0.402. The predicted octanol–water partition coefficient (Wildman–Crippen LogP) is 1.18. The van der Waals surface area contributed by atoms with Crippen LogP contribution in [-0.4, -0.2) is 25.7 Å². The fraction of sp³-hybridized carbons (Fsp3) is 0. The van der Waals surface area contributed by atoms with E-state index in [2.05, 4.69) is 25.7 Å². The van der Waals surface area contributed by atoms with E-state index in [1.165, 1.54) is 12.4 Å². The van der Waals surface area contributed by atoms with E-state index in [-0.39, 0.29) is 0 Å². The number of hydrogen-bond donors (Lipinski definition) is 0. The monoisotopic (exact) mass is 215 g/mol. The van der Waals surface area contributed by atoms with Crippen LogP contribution in [0, 0.1) is 0 Å². The third-order valence-corrected chi connectivity index (χ3v) is 2.02. The van der Waals surface area contributed by atoms with Crippen LogP contribution >= 0.6 is 0 Å². The molecule has 0 aliphatic rings. The Hall–Kier alpha value is -2.57. The first kappa shape index (κ1) is 8.72. The quantitative estimate of drug-likeness (QED) is 0.633. The first-order chi connectivity index (χ1) is 7.93. The van der Waals surface area contributed by atoms with Gasteiger partial charge in [0.15, 0.2) is 5.76 Å². The van der Waals surface area contributed by atoms with Crippen molar-refractivity contribution in [1.29, 1.82) is 0 Å². The highest BCUT2D eigenvalue weighted by Crippen LogP contribution is 2.22. The lowest BCUT2D eigenvalue weighted by Crippen LogP contribution is -1.82. The summed E-state index contributed by atoms with van der Waals surface area (Å²) in [5, 5.41) is 14.0. The molecule has 0 atom stereocenters. The van der Waals surface area contributed by atoms with Crippen molar-refractivity contribution in [3.63, 3.8) is 0 Å². The number of pyridine rings is 1. The van der Waals surface area contributed by atoms with Crippen molar-refractivity contribution < 1.29 is 9.05 Å². The second kappa shape index (κ2) is 3.54. The highest BCUT2D eigenvalue weighted by Gasteiger charge is 2.08. The molecular weight excluding hydrogens is 210 g/mol. The van der Waals surface area contributed by atoms with E-state index in [9.17, 15) is 0 Å². The first-order valence-electron chi connectivity index (χ1n) is 4.45. The minimum Gasteiger partial charge on any atom is -0.337 e. The van der Waals surface area contributed by atoms with Gasteiger partial charge in [0.05, 0.1) is 6.20 Å². The Kier molecular flexibility index (Phi) is 1.93. The van der Waals surface area contributed by atoms with Gasteiger partial charge in [0.2, 0.25) is 5.76 Å². The largest absolute Gasteiger partial charge is 0.337 e. The van der Waals surface area contributed by atoms with Crippen molar-refractivity contribution in [3.05, 3.63) is 30.7 Å². The van der Waals surface area contributed by atoms with Gasteiger partial charge in [0.25, 0.3) is 0 Å². The Balaban J connectivity index is 2.07. The third-order valence-electron chi connectivity index (χ3n) is 2.02. The van der Waals surface area contributed by atoms with E-state index in [0.717, 1.165) is 5.56 Å². The topological polar surface area (TPSA) is 90.7 Å². The molecule has 0 saturated heterocycles. The SMILES string of the molecule is c1cc(-c2cnno2)cc(-c2cnno2)n1. The number of nitrogens with zero attached hydrogens (tertiary/aromatic N) is 5. The zero-order chi connectivity index (χ0) is 10.8. The minimum absolute atomic E-state index is 0.495. The number of aromatic nitrogens is 5. The summed E-state index contributed by atoms with van der Waals surface area (Å²) in [7, 11) is 0. The van der Waals surface area contributed by atoms with E-state index in [1.54, 1.807) is 18.3 Å². The number of rotatable bonds is 2. The second-order valence-corrected chi connectivity index (χ2v) is 2.99. The second-order valence-electron chi connectivity index (χ2n) is 2.99. The van der Waals surface area contributed by atoms with Gasteiger partial charge in [-0.05, 0) is 12.1 Å². The van der Waals surface area contributed by atoms with Gasteiger partial charge in [0.1, 0.15) is 11.9 Å². The molecular formula is C9H5N5O2. The van der Waals surface area contributed by atoms with E-state index >= 15 is 0 Å². The average molecular weight is 215 g/mol. The lowest BCUT2D eigenvalue weighted by atomic mass is 10.2. The highest BCUT2D eigenvalue weighted by molar-refractivity contribution is 5.63. The molecule has 3 aromatic heterocycles. The molecule has 3 aromatic rings. The molecule has 0 aromatic carbocycles. The molecule has 78 valence electrons. The van der Waals surface area contributed by atoms with Gasteiger partial charge in [-0.3, -0.25) is 4.98 Å². The standard InChI is InChI=1S/C9H5N5O2/c1-2-10-7(9-5-12-14-16-9)3-6(1)8-4-11-13-15-8/h1-5H. The summed E-state index contributed by atoms with van der Waals surface area (Å²) < 4.78 is 9.85. The van der Waals surface area contributed by atoms with Crippen molar-refractivity contribution in [2.75, 3.05) is 0 Å². The maximum atomic E-state index is 4.94. The Labute approximate surface area is 89.1 Å². The summed E-state index contributed by atoms with van der Waals surface area (Å²) in [6.45, 7) is 0. The Morgan fingerprint density at radius 3 is 2.38 bits per heavy atom. The van der Waals surface area contributed by atoms with Crippen molar-refractivity contribution in [3.8, 4) is 22.8 Å². The predicted molar refractivity (Wildman–Crippen MR) is 50.8 cm³/mol. The van der Waals surface area contributed by atoms with Crippen LogP contribution in [0.1, 0.15) is 0 Å². The first-order valence-corrected chi connectivity index (χ1v) is 4.45. The van der Waals surface area contributed by atoms with E-state index in [0.29, 0.717) is 17.2 Å². The molecule has 0 spiro atoms. The normalized spacial score (nSPS) is 10.5. The molecule has 7 heteroatoms. The zero-order valence-electron chi connectivity index (χ0n) is 7.94. The van der Waals surface area contributed by atoms with Crippen LogP contribution < -0.4 is 0 Å². The zero-order valence-corrected chi connectivity index (χ0v) is 7.94. The van der Waals surface area contributed by atoms with Crippen LogP contribution in [0.2, 0.25) is 0 Å². The van der Waals surface area contributed by atoms with Crippen LogP contribution in [-0.2, 0) is 0 Å². The Morgan fingerprint density at radius 1 is 0.938 bits per heavy atom. The molecule has 16 heavy (non-hydrogen) atoms. The van der Waals surface area contributed by atoms with E-state index < -0.39 is 0 Å². The maximum absolute atomic E-state index is 4.94. The van der Waals surface area contributed by atoms with Crippen molar-refractivity contribution >= 4 is 0 Å². The van der Waals surface area contributed by atoms with Crippen LogP contribution in [0.4, 0.5) is 0 Å². The van der Waals surface area contributed by atoms with Gasteiger partial charge in [-0.2, -0.15) is 0 Å². The van der Waals surface area contributed by atoms with Gasteiger partial charge in [0, 0.05) is 22.3 Å². The molecule has 3 rings (SSSR count). The molecule has 0 saturated carbocycles. The molecule has 0 aliphatic heterocycles. The van der Waals surface area contributed by atoms with E-state index in [4.69, 9.17) is 9.05 Å². The van der Waals surface area contributed by atoms with Crippen molar-refractivity contribution in [2.24, 2.45) is 0 Å². The van der Waals surface area contributed by atoms with Crippen LogP contribution in [0.25, 0.3) is 22.8 Å². The fourth-order valence-corrected chi connectivity index (χ4v) is 1.29. The van der Waals surface area contributed by atoms with Gasteiger partial charge in [-0.1, -0.05) is 0 Å². The molecule has 0 fully saturated rings. The third kappa shape index (κ3) is 1.44. The van der Waals surface area contributed by atoms with Crippen LogP contribution in [0.15, 0.2) is 39.8 Å². The molecule has 3 heterocycles. The maximum Gasteiger partial charge on any atom is 0.205 e. The van der Waals surface area contributed by atoms with Gasteiger partial charge in [-0.15, -0.1) is 10.2 Å². The van der Waals surface area contributed by atoms with Crippen molar-refractivity contribution in [1.82, 2.24) is 25.7 Å². The molecule has 0 radical (unpaired) electrons. The average Bonchev–Trinajstić information content (AvgIpc) is 3.03. The minimum atomic E-state index is 0.495.